The highest BCUT2D eigenvalue weighted by atomic mass is 79.9. The molecule has 0 atom stereocenters. The third-order valence-corrected chi connectivity index (χ3v) is 5.15. The average molecular weight is 320 g/mol. The first-order valence-electron chi connectivity index (χ1n) is 5.42. The van der Waals surface area contributed by atoms with Gasteiger partial charge in [0.1, 0.15) is 0 Å². The Labute approximate surface area is 112 Å². The summed E-state index contributed by atoms with van der Waals surface area (Å²) in [6.45, 7) is 4.45. The second kappa shape index (κ2) is 5.98. The van der Waals surface area contributed by atoms with Gasteiger partial charge in [-0.05, 0) is 11.0 Å². The fraction of sp³-hybridized carbons (Fsp3) is 0.500. The molecule has 96 valence electrons. The van der Waals surface area contributed by atoms with E-state index in [2.05, 4.69) is 20.7 Å². The number of hydrogen-bond donors (Lipinski definition) is 1. The van der Waals surface area contributed by atoms with Crippen LogP contribution in [-0.4, -0.2) is 20.3 Å². The predicted octanol–water partition coefficient (Wildman–Crippen LogP) is 2.53. The zero-order valence-corrected chi connectivity index (χ0v) is 12.5. The molecule has 0 aromatic heterocycles. The van der Waals surface area contributed by atoms with Crippen molar-refractivity contribution >= 4 is 26.0 Å². The highest BCUT2D eigenvalue weighted by molar-refractivity contribution is 9.09. The summed E-state index contributed by atoms with van der Waals surface area (Å²) < 4.78 is 26.3. The molecule has 1 aromatic rings. The van der Waals surface area contributed by atoms with E-state index in [9.17, 15) is 8.42 Å². The second-order valence-corrected chi connectivity index (χ2v) is 7.23. The first-order chi connectivity index (χ1) is 7.85. The third-order valence-electron chi connectivity index (χ3n) is 2.33. The molecule has 0 radical (unpaired) electrons. The van der Waals surface area contributed by atoms with Gasteiger partial charge in [0.2, 0.25) is 10.0 Å². The highest BCUT2D eigenvalue weighted by Gasteiger charge is 2.20. The molecule has 0 aliphatic rings. The van der Waals surface area contributed by atoms with Gasteiger partial charge >= 0.3 is 0 Å². The summed E-state index contributed by atoms with van der Waals surface area (Å²) in [6, 6.07) is 9.18. The normalized spacial score (nSPS) is 12.6. The molecule has 0 unspecified atom stereocenters. The van der Waals surface area contributed by atoms with Crippen molar-refractivity contribution in [2.24, 2.45) is 5.41 Å². The Bertz CT molecular complexity index is 443. The number of nitrogens with one attached hydrogen (secondary N) is 1. The standard InChI is InChI=1S/C12H18BrNO2S/c1-12(2,9-13)10-14-17(15,16)8-11-6-4-3-5-7-11/h3-7,14H,8-10H2,1-2H3. The molecule has 0 heterocycles. The molecule has 0 saturated carbocycles. The molecule has 3 nitrogen and oxygen atoms in total. The van der Waals surface area contributed by atoms with Crippen molar-refractivity contribution in [2.45, 2.75) is 19.6 Å². The first kappa shape index (κ1) is 14.7. The largest absolute Gasteiger partial charge is 0.215 e. The monoisotopic (exact) mass is 319 g/mol. The lowest BCUT2D eigenvalue weighted by atomic mass is 9.98. The number of alkyl halides is 1. The van der Waals surface area contributed by atoms with E-state index < -0.39 is 10.0 Å². The van der Waals surface area contributed by atoms with Crippen LogP contribution in [0.3, 0.4) is 0 Å². The lowest BCUT2D eigenvalue weighted by Crippen LogP contribution is -2.35. The molecule has 17 heavy (non-hydrogen) atoms. The predicted molar refractivity (Wildman–Crippen MR) is 74.6 cm³/mol. The summed E-state index contributed by atoms with van der Waals surface area (Å²) >= 11 is 3.37. The van der Waals surface area contributed by atoms with Gasteiger partial charge < -0.3 is 0 Å². The van der Waals surface area contributed by atoms with Crippen LogP contribution in [0, 0.1) is 5.41 Å². The average Bonchev–Trinajstić information content (AvgIpc) is 2.28. The van der Waals surface area contributed by atoms with Gasteiger partial charge in [-0.2, -0.15) is 0 Å². The van der Waals surface area contributed by atoms with Gasteiger partial charge in [-0.25, -0.2) is 13.1 Å². The van der Waals surface area contributed by atoms with E-state index >= 15 is 0 Å². The van der Waals surface area contributed by atoms with Crippen LogP contribution in [0.5, 0.6) is 0 Å². The van der Waals surface area contributed by atoms with Crippen molar-refractivity contribution in [3.8, 4) is 0 Å². The molecule has 0 bridgehead atoms. The van der Waals surface area contributed by atoms with Crippen LogP contribution in [0.2, 0.25) is 0 Å². The van der Waals surface area contributed by atoms with Gasteiger partial charge in [0.25, 0.3) is 0 Å². The maximum atomic E-state index is 11.8. The van der Waals surface area contributed by atoms with E-state index in [0.29, 0.717) is 6.54 Å². The Hall–Kier alpha value is -0.390. The number of benzene rings is 1. The van der Waals surface area contributed by atoms with Gasteiger partial charge in [0.15, 0.2) is 0 Å². The van der Waals surface area contributed by atoms with Gasteiger partial charge in [-0.3, -0.25) is 0 Å². The van der Waals surface area contributed by atoms with Crippen LogP contribution < -0.4 is 4.72 Å². The van der Waals surface area contributed by atoms with Crippen LogP contribution >= 0.6 is 15.9 Å². The molecule has 0 amide bonds. The van der Waals surface area contributed by atoms with E-state index in [0.717, 1.165) is 10.9 Å². The molecular formula is C12H18BrNO2S. The van der Waals surface area contributed by atoms with Crippen LogP contribution in [0.25, 0.3) is 0 Å². The minimum atomic E-state index is -3.25. The van der Waals surface area contributed by atoms with E-state index in [1.54, 1.807) is 0 Å². The van der Waals surface area contributed by atoms with E-state index in [4.69, 9.17) is 0 Å². The number of rotatable bonds is 6. The third kappa shape index (κ3) is 5.66. The molecule has 1 aromatic carbocycles. The summed E-state index contributed by atoms with van der Waals surface area (Å²) in [7, 11) is -3.25. The molecule has 0 spiro atoms. The summed E-state index contributed by atoms with van der Waals surface area (Å²) in [6.07, 6.45) is 0. The SMILES string of the molecule is CC(C)(CBr)CNS(=O)(=O)Cc1ccccc1. The molecule has 0 saturated heterocycles. The van der Waals surface area contributed by atoms with Crippen molar-refractivity contribution in [3.05, 3.63) is 35.9 Å². The Morgan fingerprint density at radius 2 is 1.82 bits per heavy atom. The minimum Gasteiger partial charge on any atom is -0.214 e. The molecular weight excluding hydrogens is 302 g/mol. The van der Waals surface area contributed by atoms with Gasteiger partial charge in [-0.1, -0.05) is 60.1 Å². The Morgan fingerprint density at radius 1 is 1.24 bits per heavy atom. The minimum absolute atomic E-state index is 0.0339. The van der Waals surface area contributed by atoms with Crippen molar-refractivity contribution in [3.63, 3.8) is 0 Å². The van der Waals surface area contributed by atoms with Gasteiger partial charge in [-0.15, -0.1) is 0 Å². The summed E-state index contributed by atoms with van der Waals surface area (Å²) in [5.74, 6) is 0.0339. The Kier molecular flexibility index (Phi) is 5.16. The van der Waals surface area contributed by atoms with Crippen molar-refractivity contribution < 1.29 is 8.42 Å². The number of halogens is 1. The topological polar surface area (TPSA) is 46.2 Å². The number of hydrogen-bond acceptors (Lipinski definition) is 2. The van der Waals surface area contributed by atoms with Crippen molar-refractivity contribution in [1.29, 1.82) is 0 Å². The molecule has 0 aliphatic carbocycles. The van der Waals surface area contributed by atoms with E-state index in [-0.39, 0.29) is 11.2 Å². The van der Waals surface area contributed by atoms with Crippen LogP contribution in [0.4, 0.5) is 0 Å². The van der Waals surface area contributed by atoms with Gasteiger partial charge in [0.05, 0.1) is 5.75 Å². The van der Waals surface area contributed by atoms with Crippen LogP contribution in [-0.2, 0) is 15.8 Å². The molecule has 0 fully saturated rings. The first-order valence-corrected chi connectivity index (χ1v) is 8.19. The smallest absolute Gasteiger partial charge is 0.214 e. The molecule has 1 rings (SSSR count). The zero-order valence-electron chi connectivity index (χ0n) is 10.1. The van der Waals surface area contributed by atoms with Crippen LogP contribution in [0.15, 0.2) is 30.3 Å². The van der Waals surface area contributed by atoms with Crippen LogP contribution in [0.1, 0.15) is 19.4 Å². The quantitative estimate of drug-likeness (QED) is 0.819. The van der Waals surface area contributed by atoms with Crippen molar-refractivity contribution in [2.75, 3.05) is 11.9 Å². The maximum Gasteiger partial charge on any atom is 0.215 e. The molecule has 1 N–H and O–H groups in total. The second-order valence-electron chi connectivity index (χ2n) is 4.86. The summed E-state index contributed by atoms with van der Waals surface area (Å²) in [5, 5.41) is 0.758. The molecule has 0 aliphatic heterocycles. The van der Waals surface area contributed by atoms with Gasteiger partial charge in [0, 0.05) is 11.9 Å². The lowest BCUT2D eigenvalue weighted by Gasteiger charge is -2.21. The highest BCUT2D eigenvalue weighted by Crippen LogP contribution is 2.17. The Balaban J connectivity index is 2.59. The maximum absolute atomic E-state index is 11.8. The van der Waals surface area contributed by atoms with E-state index in [1.165, 1.54) is 0 Å². The number of sulfonamides is 1. The fourth-order valence-corrected chi connectivity index (χ4v) is 2.74. The molecule has 5 heteroatoms. The lowest BCUT2D eigenvalue weighted by molar-refractivity contribution is 0.420. The summed E-state index contributed by atoms with van der Waals surface area (Å²) in [5.41, 5.74) is 0.723. The zero-order chi connectivity index (χ0) is 12.9. The van der Waals surface area contributed by atoms with Crippen molar-refractivity contribution in [1.82, 2.24) is 4.72 Å². The Morgan fingerprint density at radius 3 is 2.35 bits per heavy atom. The fourth-order valence-electron chi connectivity index (χ4n) is 1.20. The summed E-state index contributed by atoms with van der Waals surface area (Å²) in [4.78, 5) is 0. The van der Waals surface area contributed by atoms with E-state index in [1.807, 2.05) is 44.2 Å².